The second-order valence-corrected chi connectivity index (χ2v) is 6.94. The third-order valence-corrected chi connectivity index (χ3v) is 4.91. The molecule has 29 heavy (non-hydrogen) atoms. The Bertz CT molecular complexity index is 1250. The van der Waals surface area contributed by atoms with Crippen molar-refractivity contribution in [1.82, 2.24) is 10.2 Å². The van der Waals surface area contributed by atoms with E-state index in [-0.39, 0.29) is 21.4 Å². The van der Waals surface area contributed by atoms with Crippen molar-refractivity contribution in [3.05, 3.63) is 64.5 Å². The average Bonchev–Trinajstić information content (AvgIpc) is 3.15. The van der Waals surface area contributed by atoms with Gasteiger partial charge in [-0.2, -0.15) is 13.2 Å². The number of anilines is 2. The number of nitrogens with zero attached hydrogens (tertiary/aromatic N) is 2. The van der Waals surface area contributed by atoms with E-state index in [1.807, 2.05) is 0 Å². The second kappa shape index (κ2) is 7.21. The molecule has 2 aromatic carbocycles. The van der Waals surface area contributed by atoms with Crippen molar-refractivity contribution < 1.29 is 22.3 Å². The standard InChI is InChI=1S/C19H12F3N3O3S/c1-27-13-5-6-15-10(7-13)8-14(17(26)28-15)16-24-25-18(29-16)23-12-4-2-3-11(9-12)19(20,21)22/h2-9H,1H3,(H,23,25). The lowest BCUT2D eigenvalue weighted by molar-refractivity contribution is -0.137. The van der Waals surface area contributed by atoms with Gasteiger partial charge in [0.25, 0.3) is 0 Å². The number of benzene rings is 2. The van der Waals surface area contributed by atoms with Crippen molar-refractivity contribution in [2.45, 2.75) is 6.18 Å². The Morgan fingerprint density at radius 1 is 1.10 bits per heavy atom. The van der Waals surface area contributed by atoms with Gasteiger partial charge in [0.1, 0.15) is 11.3 Å². The first-order chi connectivity index (χ1) is 13.8. The van der Waals surface area contributed by atoms with E-state index in [2.05, 4.69) is 15.5 Å². The molecule has 0 aliphatic heterocycles. The van der Waals surface area contributed by atoms with E-state index >= 15 is 0 Å². The summed E-state index contributed by atoms with van der Waals surface area (Å²) in [5.41, 5.74) is -0.578. The fourth-order valence-electron chi connectivity index (χ4n) is 2.66. The number of aromatic nitrogens is 2. The Hall–Kier alpha value is -3.40. The van der Waals surface area contributed by atoms with E-state index in [0.717, 1.165) is 23.5 Å². The number of halogens is 3. The third kappa shape index (κ3) is 3.92. The number of fused-ring (bicyclic) bond motifs is 1. The van der Waals surface area contributed by atoms with Gasteiger partial charge in [0.2, 0.25) is 5.13 Å². The maximum Gasteiger partial charge on any atom is 0.416 e. The largest absolute Gasteiger partial charge is 0.497 e. The molecule has 4 rings (SSSR count). The van der Waals surface area contributed by atoms with Crippen molar-refractivity contribution in [2.75, 3.05) is 12.4 Å². The summed E-state index contributed by atoms with van der Waals surface area (Å²) in [5, 5.41) is 11.8. The van der Waals surface area contributed by atoms with Crippen molar-refractivity contribution in [1.29, 1.82) is 0 Å². The Labute approximate surface area is 165 Å². The Morgan fingerprint density at radius 3 is 2.69 bits per heavy atom. The summed E-state index contributed by atoms with van der Waals surface area (Å²) in [6.45, 7) is 0. The molecule has 0 aliphatic rings. The van der Waals surface area contributed by atoms with Gasteiger partial charge >= 0.3 is 11.8 Å². The molecule has 0 unspecified atom stereocenters. The smallest absolute Gasteiger partial charge is 0.416 e. The summed E-state index contributed by atoms with van der Waals surface area (Å²) in [4.78, 5) is 12.3. The summed E-state index contributed by atoms with van der Waals surface area (Å²) in [6, 6.07) is 11.3. The average molecular weight is 419 g/mol. The van der Waals surface area contributed by atoms with Gasteiger partial charge in [0.05, 0.1) is 18.2 Å². The predicted molar refractivity (Wildman–Crippen MR) is 103 cm³/mol. The van der Waals surface area contributed by atoms with Crippen LogP contribution in [0.15, 0.2) is 57.7 Å². The topological polar surface area (TPSA) is 77.2 Å². The lowest BCUT2D eigenvalue weighted by Gasteiger charge is -2.08. The van der Waals surface area contributed by atoms with E-state index in [1.54, 1.807) is 24.3 Å². The second-order valence-electron chi connectivity index (χ2n) is 5.97. The van der Waals surface area contributed by atoms with E-state index in [0.29, 0.717) is 16.7 Å². The number of nitrogens with one attached hydrogen (secondary N) is 1. The van der Waals surface area contributed by atoms with Crippen LogP contribution < -0.4 is 15.7 Å². The molecule has 2 heterocycles. The zero-order valence-electron chi connectivity index (χ0n) is 14.8. The van der Waals surface area contributed by atoms with Crippen molar-refractivity contribution in [3.8, 4) is 16.3 Å². The summed E-state index contributed by atoms with van der Waals surface area (Å²) in [6.07, 6.45) is -4.45. The maximum atomic E-state index is 12.9. The summed E-state index contributed by atoms with van der Waals surface area (Å²) in [7, 11) is 1.53. The normalized spacial score (nSPS) is 11.6. The first-order valence-electron chi connectivity index (χ1n) is 8.23. The van der Waals surface area contributed by atoms with Gasteiger partial charge in [-0.05, 0) is 42.5 Å². The molecule has 2 aromatic heterocycles. The van der Waals surface area contributed by atoms with Gasteiger partial charge in [0, 0.05) is 11.1 Å². The number of methoxy groups -OCH3 is 1. The monoisotopic (exact) mass is 419 g/mol. The molecule has 0 amide bonds. The molecular formula is C19H12F3N3O3S. The van der Waals surface area contributed by atoms with Crippen LogP contribution in [0.2, 0.25) is 0 Å². The molecule has 0 aliphatic carbocycles. The van der Waals surface area contributed by atoms with Crippen molar-refractivity contribution >= 4 is 33.1 Å². The van der Waals surface area contributed by atoms with Gasteiger partial charge in [-0.3, -0.25) is 0 Å². The minimum absolute atomic E-state index is 0.195. The van der Waals surface area contributed by atoms with Crippen LogP contribution in [0.1, 0.15) is 5.56 Å². The molecule has 0 saturated heterocycles. The molecule has 0 spiro atoms. The van der Waals surface area contributed by atoms with Crippen LogP contribution in [0.25, 0.3) is 21.5 Å². The quantitative estimate of drug-likeness (QED) is 0.465. The lowest BCUT2D eigenvalue weighted by atomic mass is 10.2. The highest BCUT2D eigenvalue weighted by Crippen LogP contribution is 2.33. The SMILES string of the molecule is COc1ccc2oc(=O)c(-c3nnc(Nc4cccc(C(F)(F)F)c4)s3)cc2c1. The molecule has 0 bridgehead atoms. The van der Waals surface area contributed by atoms with E-state index in [9.17, 15) is 18.0 Å². The molecular weight excluding hydrogens is 407 g/mol. The number of hydrogen-bond donors (Lipinski definition) is 1. The summed E-state index contributed by atoms with van der Waals surface area (Å²) < 4.78 is 49.0. The maximum absolute atomic E-state index is 12.9. The minimum Gasteiger partial charge on any atom is -0.497 e. The minimum atomic E-state index is -4.45. The Balaban J connectivity index is 1.66. The number of alkyl halides is 3. The highest BCUT2D eigenvalue weighted by molar-refractivity contribution is 7.18. The zero-order chi connectivity index (χ0) is 20.6. The van der Waals surface area contributed by atoms with Gasteiger partial charge in [0.15, 0.2) is 5.01 Å². The van der Waals surface area contributed by atoms with Crippen LogP contribution >= 0.6 is 11.3 Å². The van der Waals surface area contributed by atoms with E-state index < -0.39 is 17.4 Å². The highest BCUT2D eigenvalue weighted by Gasteiger charge is 2.30. The molecule has 148 valence electrons. The third-order valence-electron chi connectivity index (χ3n) is 4.04. The number of hydrogen-bond acceptors (Lipinski definition) is 7. The first kappa shape index (κ1) is 18.9. The molecule has 1 N–H and O–H groups in total. The predicted octanol–water partition coefficient (Wildman–Crippen LogP) is 5.08. The fourth-order valence-corrected chi connectivity index (χ4v) is 3.42. The van der Waals surface area contributed by atoms with E-state index in [4.69, 9.17) is 9.15 Å². The molecule has 6 nitrogen and oxygen atoms in total. The molecule has 0 saturated carbocycles. The lowest BCUT2D eigenvalue weighted by Crippen LogP contribution is -2.05. The Kier molecular flexibility index (Phi) is 4.71. The Morgan fingerprint density at radius 2 is 1.93 bits per heavy atom. The van der Waals surface area contributed by atoms with Gasteiger partial charge in [-0.1, -0.05) is 17.4 Å². The van der Waals surface area contributed by atoms with Crippen LogP contribution in [-0.2, 0) is 6.18 Å². The molecule has 0 fully saturated rings. The molecule has 0 atom stereocenters. The van der Waals surface area contributed by atoms with E-state index in [1.165, 1.54) is 19.2 Å². The number of ether oxygens (including phenoxy) is 1. The van der Waals surface area contributed by atoms with Gasteiger partial charge < -0.3 is 14.5 Å². The molecule has 4 aromatic rings. The molecule has 10 heteroatoms. The summed E-state index contributed by atoms with van der Waals surface area (Å²) in [5.74, 6) is 0.599. The van der Waals surface area contributed by atoms with Gasteiger partial charge in [-0.25, -0.2) is 4.79 Å². The van der Waals surface area contributed by atoms with Gasteiger partial charge in [-0.15, -0.1) is 10.2 Å². The van der Waals surface area contributed by atoms with Crippen LogP contribution in [0.5, 0.6) is 5.75 Å². The van der Waals surface area contributed by atoms with Crippen LogP contribution in [0, 0.1) is 0 Å². The van der Waals surface area contributed by atoms with Crippen LogP contribution in [0.3, 0.4) is 0 Å². The highest BCUT2D eigenvalue weighted by atomic mass is 32.1. The first-order valence-corrected chi connectivity index (χ1v) is 9.05. The van der Waals surface area contributed by atoms with Crippen molar-refractivity contribution in [3.63, 3.8) is 0 Å². The van der Waals surface area contributed by atoms with Crippen molar-refractivity contribution in [2.24, 2.45) is 0 Å². The fraction of sp³-hybridized carbons (Fsp3) is 0.105. The summed E-state index contributed by atoms with van der Waals surface area (Å²) >= 11 is 1.02. The van der Waals surface area contributed by atoms with Crippen LogP contribution in [0.4, 0.5) is 24.0 Å². The molecule has 0 radical (unpaired) electrons. The number of rotatable bonds is 4. The zero-order valence-corrected chi connectivity index (χ0v) is 15.6. The van der Waals surface area contributed by atoms with Crippen LogP contribution in [-0.4, -0.2) is 17.3 Å².